The molecule has 0 saturated heterocycles. The SMILES string of the molecule is C.CCc1csc(C)n1.CNc1nc(C(C)(C)C)cs1.Cc1coc(C)n1.Cc1nc(C(C)(C)C)cs1.Cc1nc(C(C)(F)F)cs1.Cc1nc(C)c(C)o1.Cc1nc(C)c(C)s1.Cc1nc(C)c(F)s1.Cc1ncc(F)s1.Cc1nnc(C(C)(C)C)o1.Cc1nnc(C(C)(C)C)s1.Cc1nnc(C)o1.Cc1nnc(C)s1.Cc1nsc(C)n1.Nc1nsc(C(F)(F)F)n1. The van der Waals surface area contributed by atoms with Crippen molar-refractivity contribution in [1.29, 1.82) is 0 Å². The zero-order chi connectivity index (χ0) is 98.2. The lowest BCUT2D eigenvalue weighted by molar-refractivity contribution is -0.137. The first-order valence-corrected chi connectivity index (χ1v) is 48.3. The van der Waals surface area contributed by atoms with Crippen LogP contribution in [0.1, 0.15) is 262 Å². The van der Waals surface area contributed by atoms with Crippen molar-refractivity contribution in [2.24, 2.45) is 0 Å². The van der Waals surface area contributed by atoms with Gasteiger partial charge in [0.2, 0.25) is 34.5 Å². The molecule has 0 saturated carbocycles. The summed E-state index contributed by atoms with van der Waals surface area (Å²) in [6.07, 6.45) is -0.505. The lowest BCUT2D eigenvalue weighted by atomic mass is 9.93. The van der Waals surface area contributed by atoms with E-state index in [1.54, 1.807) is 123 Å². The third-order valence-electron chi connectivity index (χ3n) is 14.3. The first-order chi connectivity index (χ1) is 58.9. The Kier molecular flexibility index (Phi) is 53.9. The summed E-state index contributed by atoms with van der Waals surface area (Å²) in [5.74, 6) is 2.73. The molecule has 15 heterocycles. The minimum absolute atomic E-state index is 0. The van der Waals surface area contributed by atoms with Crippen molar-refractivity contribution in [3.8, 4) is 0 Å². The third-order valence-corrected chi connectivity index (χ3v) is 23.6. The maximum atomic E-state index is 12.4. The van der Waals surface area contributed by atoms with Crippen molar-refractivity contribution in [2.75, 3.05) is 18.1 Å². The molecule has 0 atom stereocenters. The monoisotopic (exact) mass is 2010 g/mol. The molecule has 0 spiro atoms. The van der Waals surface area contributed by atoms with E-state index in [1.807, 2.05) is 125 Å². The fourth-order valence-electron chi connectivity index (χ4n) is 7.90. The summed E-state index contributed by atoms with van der Waals surface area (Å²) in [6.45, 7) is 70.2. The number of anilines is 2. The zero-order valence-electron chi connectivity index (χ0n) is 79.9. The van der Waals surface area contributed by atoms with Gasteiger partial charge in [-0.1, -0.05) is 120 Å². The smallest absolute Gasteiger partial charge is 0.444 e. The molecule has 0 aliphatic heterocycles. The van der Waals surface area contributed by atoms with Crippen LogP contribution in [0.4, 0.5) is 41.8 Å². The summed E-state index contributed by atoms with van der Waals surface area (Å²) >= 11 is 15.2. The molecular formula is C84H126F7N23O4S11. The maximum Gasteiger partial charge on any atom is 0.444 e. The third kappa shape index (κ3) is 53.5. The van der Waals surface area contributed by atoms with Crippen LogP contribution >= 0.6 is 125 Å². The van der Waals surface area contributed by atoms with E-state index in [1.165, 1.54) is 66.4 Å². The second-order valence-corrected chi connectivity index (χ2v) is 43.2. The zero-order valence-corrected chi connectivity index (χ0v) is 88.9. The summed E-state index contributed by atoms with van der Waals surface area (Å²) in [7, 11) is 1.89. The molecule has 0 bridgehead atoms. The Morgan fingerprint density at radius 2 is 0.891 bits per heavy atom. The molecule has 0 radical (unpaired) electrons. The van der Waals surface area contributed by atoms with Crippen molar-refractivity contribution < 1.29 is 48.4 Å². The first-order valence-electron chi connectivity index (χ1n) is 39.1. The van der Waals surface area contributed by atoms with Crippen LogP contribution in [0.3, 0.4) is 0 Å². The Bertz CT molecular complexity index is 4760. The predicted molar refractivity (Wildman–Crippen MR) is 520 cm³/mol. The van der Waals surface area contributed by atoms with Crippen LogP contribution in [0.5, 0.6) is 0 Å². The second kappa shape index (κ2) is 57.7. The lowest BCUT2D eigenvalue weighted by Gasteiger charge is -2.13. The largest absolute Gasteiger partial charge is 0.449 e. The Hall–Kier alpha value is -8.54. The van der Waals surface area contributed by atoms with Gasteiger partial charge in [-0.15, -0.1) is 120 Å². The van der Waals surface area contributed by atoms with Crippen molar-refractivity contribution in [2.45, 2.75) is 297 Å². The van der Waals surface area contributed by atoms with Crippen LogP contribution in [-0.4, -0.2) is 111 Å². The normalized spacial score (nSPS) is 10.6. The second-order valence-electron chi connectivity index (χ2n) is 31.2. The van der Waals surface area contributed by atoms with Crippen LogP contribution in [0.15, 0.2) is 51.6 Å². The van der Waals surface area contributed by atoms with Crippen molar-refractivity contribution >= 4 is 136 Å². The first kappa shape index (κ1) is 120. The average Bonchev–Trinajstić information content (AvgIpc) is 1.75. The fraction of sp³-hybridized carbons (Fsp3) is 0.536. The summed E-state index contributed by atoms with van der Waals surface area (Å²) in [6, 6.07) is 0. The quantitative estimate of drug-likeness (QED) is 0.155. The number of alkyl halides is 5. The van der Waals surface area contributed by atoms with Crippen molar-refractivity contribution in [3.05, 3.63) is 202 Å². The summed E-state index contributed by atoms with van der Waals surface area (Å²) in [4.78, 5) is 44.7. The van der Waals surface area contributed by atoms with Gasteiger partial charge in [-0.05, 0) is 147 Å². The highest BCUT2D eigenvalue weighted by molar-refractivity contribution is 7.14. The minimum Gasteiger partial charge on any atom is -0.449 e. The number of nitrogens with zero attached hydrogens (tertiary/aromatic N) is 21. The van der Waals surface area contributed by atoms with Gasteiger partial charge in [0.1, 0.15) is 48.6 Å². The number of hydrogen-bond acceptors (Lipinski definition) is 38. The van der Waals surface area contributed by atoms with E-state index < -0.39 is 17.1 Å². The molecule has 3 N–H and O–H groups in total. The Labute approximate surface area is 799 Å². The van der Waals surface area contributed by atoms with E-state index >= 15 is 0 Å². The van der Waals surface area contributed by atoms with Gasteiger partial charge >= 0.3 is 6.18 Å². The lowest BCUT2D eigenvalue weighted by Crippen LogP contribution is -2.11. The summed E-state index contributed by atoms with van der Waals surface area (Å²) < 4.78 is 111. The highest BCUT2D eigenvalue weighted by Gasteiger charge is 2.35. The van der Waals surface area contributed by atoms with Gasteiger partial charge < -0.3 is 28.7 Å². The van der Waals surface area contributed by atoms with Crippen molar-refractivity contribution in [1.82, 2.24) is 104 Å². The molecule has 15 rings (SSSR count). The minimum atomic E-state index is -4.42. The molecule has 15 aromatic rings. The molecule has 45 heteroatoms. The van der Waals surface area contributed by atoms with Gasteiger partial charge in [-0.2, -0.15) is 44.5 Å². The average molecular weight is 2010 g/mol. The molecule has 0 amide bonds. The van der Waals surface area contributed by atoms with Crippen molar-refractivity contribution in [3.63, 3.8) is 0 Å². The Morgan fingerprint density at radius 1 is 0.395 bits per heavy atom. The molecule has 0 aliphatic rings. The molecular weight excluding hydrogens is 1880 g/mol. The van der Waals surface area contributed by atoms with E-state index in [4.69, 9.17) is 23.4 Å². The number of nitrogen functional groups attached to an aromatic ring is 1. The van der Waals surface area contributed by atoms with Gasteiger partial charge in [0, 0.05) is 96.6 Å². The Morgan fingerprint density at radius 3 is 1.06 bits per heavy atom. The molecule has 15 aromatic heterocycles. The van der Waals surface area contributed by atoms with Crippen LogP contribution in [-0.2, 0) is 40.2 Å². The number of halogens is 7. The van der Waals surface area contributed by atoms with Crippen LogP contribution in [0, 0.1) is 163 Å². The highest BCUT2D eigenvalue weighted by Crippen LogP contribution is 2.32. The maximum absolute atomic E-state index is 12.4. The van der Waals surface area contributed by atoms with Gasteiger partial charge in [0.05, 0.1) is 76.1 Å². The molecule has 129 heavy (non-hydrogen) atoms. The molecule has 0 unspecified atom stereocenters. The van der Waals surface area contributed by atoms with Gasteiger partial charge in [0.25, 0.3) is 5.92 Å². The number of nitrogens with two attached hydrogens (primary N) is 1. The fourth-order valence-corrected chi connectivity index (χ4v) is 15.2. The Balaban J connectivity index is 0.00000136. The number of hydrogen-bond donors (Lipinski definition) is 2. The summed E-state index contributed by atoms with van der Waals surface area (Å²) in [5, 5.41) is 51.8. The molecule has 0 fully saturated rings. The van der Waals surface area contributed by atoms with E-state index in [0.29, 0.717) is 34.3 Å². The number of rotatable bonds is 3. The van der Waals surface area contributed by atoms with Crippen LogP contribution < -0.4 is 11.1 Å². The highest BCUT2D eigenvalue weighted by atomic mass is 32.1. The van der Waals surface area contributed by atoms with Gasteiger partial charge in [-0.3, -0.25) is 0 Å². The summed E-state index contributed by atoms with van der Waals surface area (Å²) in [5.41, 5.74) is 12.4. The number of aryl methyl sites for hydroxylation is 23. The van der Waals surface area contributed by atoms with E-state index in [9.17, 15) is 30.7 Å². The van der Waals surface area contributed by atoms with E-state index in [2.05, 4.69) is 202 Å². The standard InChI is InChI=1S/C8H14N2S.C8H13NS.C7H12N2O.C7H12N2S.C6H7F2NS.C6H9NO.2C6H9NS.C5H6FNS.C5H7NO.C4H4FNS.C4H6N2O.2C4H6N2S.C3H2F3N3S.CH4/c1-8(2,3)6-5-11-7(9-4)10-6;1-6-9-7(5-10-6)8(2,3)4;2*1-5-8-9-6(10-5)7(2,3)4;1-4-9-5(3-10-4)6(2,7)8;2*1-4-5(2)8-6(3)7-4;1-3-6-4-8-5(2)7-6;1-3-5(6)8-4(2)7-3;1-4-3-7-5(2)6-4;1-3-6-2-4(5)7-3;2*1-3-5-6-4(2)7-3;1-3-5-4(2)7-6-3;4-3(5,6)1-8-2(7)9-10-1;/h5H,1-4H3,(H,9,10);5H,1-4H3;2*1-4H3;3H,1-2H3;2*1-3H3;4H,3H2,1-2H3;1-2H3;3H,1-2H3;2H,1H3;3*1-2H3;(H2,7,9);1H4. The molecule has 0 aromatic carbocycles. The topological polar surface area (TPSA) is 361 Å². The van der Waals surface area contributed by atoms with Crippen LogP contribution in [0.25, 0.3) is 0 Å². The van der Waals surface area contributed by atoms with Gasteiger partial charge in [-0.25, -0.2) is 49.8 Å². The van der Waals surface area contributed by atoms with E-state index in [0.717, 1.165) is 122 Å². The van der Waals surface area contributed by atoms with E-state index in [-0.39, 0.29) is 62.5 Å². The van der Waals surface area contributed by atoms with Gasteiger partial charge in [0.15, 0.2) is 27.2 Å². The number of nitrogens with one attached hydrogen (secondary N) is 1. The molecule has 0 aliphatic carbocycles. The van der Waals surface area contributed by atoms with Crippen LogP contribution in [0.2, 0.25) is 0 Å². The number of thiazole rings is 7. The molecule has 716 valence electrons. The predicted octanol–water partition coefficient (Wildman–Crippen LogP) is 26.8. The number of aromatic nitrogens is 21. The number of oxazole rings is 2. The molecule has 27 nitrogen and oxygen atoms in total.